The molecule has 0 spiro atoms. The molecule has 0 amide bonds. The van der Waals surface area contributed by atoms with Crippen molar-refractivity contribution >= 4 is 24.3 Å². The topological polar surface area (TPSA) is 78.6 Å². The Labute approximate surface area is 175 Å². The first kappa shape index (κ1) is 17.6. The number of aryl methyl sites for hydroxylation is 1. The summed E-state index contributed by atoms with van der Waals surface area (Å²) in [6, 6.07) is 6.27. The zero-order valence-electron chi connectivity index (χ0n) is 16.6. The number of methoxy groups -OCH3 is 1. The molecule has 0 aliphatic heterocycles. The number of hydrogen-bond donors (Lipinski definition) is 0. The maximum atomic E-state index is 5.97. The molecule has 3 heterocycles. The van der Waals surface area contributed by atoms with Crippen molar-refractivity contribution in [2.24, 2.45) is 0 Å². The molecular weight excluding hydrogens is 375 g/mol. The standard InChI is InChI=1S/C22H19BN6O/c1-30-22-18(19(12-2-3-12)25-11-26-22)20-24-9-14-10-27-29(21(14)28-20)17-7-4-13-8-15(23)5-6-16(13)17/h5-6,8-12,17H,2-4,7H2,1H3/t17-/m0/s1. The van der Waals surface area contributed by atoms with Crippen LogP contribution < -0.4 is 10.2 Å². The third kappa shape index (κ3) is 2.70. The van der Waals surface area contributed by atoms with Crippen molar-refractivity contribution in [2.75, 3.05) is 7.11 Å². The van der Waals surface area contributed by atoms with Crippen molar-refractivity contribution in [2.45, 2.75) is 37.6 Å². The fourth-order valence-corrected chi connectivity index (χ4v) is 4.47. The van der Waals surface area contributed by atoms with Crippen LogP contribution in [-0.4, -0.2) is 44.7 Å². The monoisotopic (exact) mass is 394 g/mol. The minimum absolute atomic E-state index is 0.137. The minimum Gasteiger partial charge on any atom is -0.480 e. The molecule has 1 atom stereocenters. The summed E-state index contributed by atoms with van der Waals surface area (Å²) < 4.78 is 7.54. The van der Waals surface area contributed by atoms with Gasteiger partial charge in [0.2, 0.25) is 5.88 Å². The van der Waals surface area contributed by atoms with Gasteiger partial charge < -0.3 is 4.74 Å². The highest BCUT2D eigenvalue weighted by Crippen LogP contribution is 2.45. The Morgan fingerprint density at radius 1 is 1.10 bits per heavy atom. The quantitative estimate of drug-likeness (QED) is 0.495. The number of fused-ring (bicyclic) bond motifs is 2. The third-order valence-corrected chi connectivity index (χ3v) is 6.07. The van der Waals surface area contributed by atoms with E-state index in [4.69, 9.17) is 17.6 Å². The Kier molecular flexibility index (Phi) is 3.87. The second-order valence-corrected chi connectivity index (χ2v) is 7.99. The fraction of sp³-hybridized carbons (Fsp3) is 0.318. The van der Waals surface area contributed by atoms with Gasteiger partial charge in [0.15, 0.2) is 11.5 Å². The first-order chi connectivity index (χ1) is 14.7. The van der Waals surface area contributed by atoms with Crippen LogP contribution in [-0.2, 0) is 6.42 Å². The van der Waals surface area contributed by atoms with Crippen molar-refractivity contribution in [1.29, 1.82) is 0 Å². The zero-order valence-corrected chi connectivity index (χ0v) is 16.6. The molecule has 6 rings (SSSR count). The number of benzene rings is 1. The van der Waals surface area contributed by atoms with Crippen LogP contribution in [0, 0.1) is 0 Å². The number of rotatable bonds is 4. The molecular formula is C22H19BN6O. The molecule has 1 fully saturated rings. The Morgan fingerprint density at radius 3 is 2.83 bits per heavy atom. The zero-order chi connectivity index (χ0) is 20.2. The maximum absolute atomic E-state index is 5.97. The summed E-state index contributed by atoms with van der Waals surface area (Å²) in [5.41, 5.74) is 5.90. The normalized spacial score (nSPS) is 18.0. The predicted octanol–water partition coefficient (Wildman–Crippen LogP) is 2.50. The van der Waals surface area contributed by atoms with E-state index < -0.39 is 0 Å². The molecule has 2 aliphatic rings. The van der Waals surface area contributed by atoms with Gasteiger partial charge in [-0.1, -0.05) is 23.7 Å². The van der Waals surface area contributed by atoms with Gasteiger partial charge in [0, 0.05) is 12.1 Å². The second-order valence-electron chi connectivity index (χ2n) is 7.99. The highest BCUT2D eigenvalue weighted by atomic mass is 16.5. The van der Waals surface area contributed by atoms with Gasteiger partial charge in [-0.3, -0.25) is 0 Å². The fourth-order valence-electron chi connectivity index (χ4n) is 4.47. The van der Waals surface area contributed by atoms with Gasteiger partial charge in [-0.05, 0) is 36.8 Å². The molecule has 0 saturated heterocycles. The van der Waals surface area contributed by atoms with Crippen LogP contribution in [0.3, 0.4) is 0 Å². The van der Waals surface area contributed by atoms with E-state index in [-0.39, 0.29) is 6.04 Å². The van der Waals surface area contributed by atoms with Crippen LogP contribution in [0.5, 0.6) is 5.88 Å². The highest BCUT2D eigenvalue weighted by molar-refractivity contribution is 6.32. The van der Waals surface area contributed by atoms with Gasteiger partial charge in [0.05, 0.1) is 30.4 Å². The Hall–Kier alpha value is -3.29. The van der Waals surface area contributed by atoms with Crippen LogP contribution in [0.4, 0.5) is 0 Å². The summed E-state index contributed by atoms with van der Waals surface area (Å²) in [4.78, 5) is 18.4. The molecule has 3 aromatic heterocycles. The second kappa shape index (κ2) is 6.62. The van der Waals surface area contributed by atoms with Crippen LogP contribution in [0.25, 0.3) is 22.4 Å². The van der Waals surface area contributed by atoms with Crippen molar-refractivity contribution in [3.05, 3.63) is 53.7 Å². The molecule has 2 radical (unpaired) electrons. The summed E-state index contributed by atoms with van der Waals surface area (Å²) in [5.74, 6) is 1.52. The number of aromatic nitrogens is 6. The SMILES string of the molecule is [B]c1ccc2c(c1)CC[C@@H]2n1ncc2cnc(-c3c(OC)ncnc3C3CC3)nc21. The van der Waals surface area contributed by atoms with Gasteiger partial charge in [-0.2, -0.15) is 5.10 Å². The summed E-state index contributed by atoms with van der Waals surface area (Å²) in [7, 11) is 7.59. The molecule has 30 heavy (non-hydrogen) atoms. The molecule has 0 unspecified atom stereocenters. The Morgan fingerprint density at radius 2 is 2.00 bits per heavy atom. The van der Waals surface area contributed by atoms with Crippen molar-refractivity contribution in [3.63, 3.8) is 0 Å². The van der Waals surface area contributed by atoms with E-state index in [1.165, 1.54) is 11.1 Å². The van der Waals surface area contributed by atoms with Gasteiger partial charge in [0.1, 0.15) is 19.7 Å². The van der Waals surface area contributed by atoms with E-state index in [0.29, 0.717) is 17.6 Å². The summed E-state index contributed by atoms with van der Waals surface area (Å²) in [6.45, 7) is 0. The van der Waals surface area contributed by atoms with E-state index in [0.717, 1.165) is 53.4 Å². The van der Waals surface area contributed by atoms with E-state index in [9.17, 15) is 0 Å². The molecule has 4 aromatic rings. The first-order valence-electron chi connectivity index (χ1n) is 10.2. The van der Waals surface area contributed by atoms with E-state index in [2.05, 4.69) is 32.2 Å². The van der Waals surface area contributed by atoms with E-state index >= 15 is 0 Å². The lowest BCUT2D eigenvalue weighted by atomic mass is 9.92. The molecule has 146 valence electrons. The third-order valence-electron chi connectivity index (χ3n) is 6.07. The Bertz CT molecular complexity index is 1280. The summed E-state index contributed by atoms with van der Waals surface area (Å²) in [5, 5.41) is 5.58. The number of ether oxygens (including phenoxy) is 1. The summed E-state index contributed by atoms with van der Waals surface area (Å²) >= 11 is 0. The van der Waals surface area contributed by atoms with Crippen molar-refractivity contribution < 1.29 is 4.74 Å². The average Bonchev–Trinajstić information content (AvgIpc) is 3.42. The molecule has 1 aromatic carbocycles. The van der Waals surface area contributed by atoms with Crippen LogP contribution in [0.2, 0.25) is 0 Å². The first-order valence-corrected chi connectivity index (χ1v) is 10.2. The largest absolute Gasteiger partial charge is 0.480 e. The van der Waals surface area contributed by atoms with Crippen molar-refractivity contribution in [3.8, 4) is 17.3 Å². The molecule has 0 bridgehead atoms. The Balaban J connectivity index is 1.50. The molecule has 0 N–H and O–H groups in total. The van der Waals surface area contributed by atoms with Gasteiger partial charge >= 0.3 is 0 Å². The summed E-state index contributed by atoms with van der Waals surface area (Å²) in [6.07, 6.45) is 9.40. The average molecular weight is 394 g/mol. The van der Waals surface area contributed by atoms with Crippen LogP contribution >= 0.6 is 0 Å². The number of nitrogens with zero attached hydrogens (tertiary/aromatic N) is 6. The van der Waals surface area contributed by atoms with Crippen LogP contribution in [0.1, 0.15) is 48.0 Å². The highest BCUT2D eigenvalue weighted by Gasteiger charge is 2.32. The van der Waals surface area contributed by atoms with Crippen LogP contribution in [0.15, 0.2) is 36.9 Å². The molecule has 8 heteroatoms. The molecule has 2 aliphatic carbocycles. The van der Waals surface area contributed by atoms with Crippen molar-refractivity contribution in [1.82, 2.24) is 29.7 Å². The predicted molar refractivity (Wildman–Crippen MR) is 113 cm³/mol. The number of hydrogen-bond acceptors (Lipinski definition) is 6. The lowest BCUT2D eigenvalue weighted by Gasteiger charge is -2.14. The molecule has 1 saturated carbocycles. The maximum Gasteiger partial charge on any atom is 0.227 e. The van der Waals surface area contributed by atoms with E-state index in [1.807, 2.05) is 23.1 Å². The smallest absolute Gasteiger partial charge is 0.227 e. The lowest BCUT2D eigenvalue weighted by molar-refractivity contribution is 0.397. The van der Waals surface area contributed by atoms with Gasteiger partial charge in [0.25, 0.3) is 0 Å². The van der Waals surface area contributed by atoms with E-state index in [1.54, 1.807) is 13.4 Å². The lowest BCUT2D eigenvalue weighted by Crippen LogP contribution is -2.11. The molecule has 7 nitrogen and oxygen atoms in total. The van der Waals surface area contributed by atoms with Gasteiger partial charge in [-0.15, -0.1) is 0 Å². The minimum atomic E-state index is 0.137. The van der Waals surface area contributed by atoms with Gasteiger partial charge in [-0.25, -0.2) is 24.6 Å².